The number of aromatic nitrogens is 2. The highest BCUT2D eigenvalue weighted by Crippen LogP contribution is 2.21. The van der Waals surface area contributed by atoms with Gasteiger partial charge in [0.2, 0.25) is 0 Å². The molecule has 10 nitrogen and oxygen atoms in total. The molecule has 0 bridgehead atoms. The summed E-state index contributed by atoms with van der Waals surface area (Å²) >= 11 is 0. The van der Waals surface area contributed by atoms with Crippen molar-refractivity contribution >= 4 is 34.0 Å². The molecule has 0 fully saturated rings. The van der Waals surface area contributed by atoms with E-state index in [1.807, 2.05) is 0 Å². The molecule has 0 radical (unpaired) electrons. The molecule has 3 aromatic rings. The number of esters is 1. The van der Waals surface area contributed by atoms with Crippen LogP contribution in [0.15, 0.2) is 47.3 Å². The minimum absolute atomic E-state index is 0.152. The van der Waals surface area contributed by atoms with E-state index in [0.29, 0.717) is 0 Å². The van der Waals surface area contributed by atoms with Crippen LogP contribution >= 0.6 is 0 Å². The first kappa shape index (κ1) is 20.6. The van der Waals surface area contributed by atoms with Gasteiger partial charge in [-0.25, -0.2) is 13.9 Å². The fourth-order valence-electron chi connectivity index (χ4n) is 2.71. The van der Waals surface area contributed by atoms with Crippen LogP contribution in [0, 0.1) is 15.9 Å². The number of nitrogens with zero attached hydrogens (tertiary/aromatic N) is 3. The zero-order valence-corrected chi connectivity index (χ0v) is 15.6. The van der Waals surface area contributed by atoms with Gasteiger partial charge in [0.25, 0.3) is 17.2 Å². The number of nitro benzene ring substituents is 1. The zero-order chi connectivity index (χ0) is 21.8. The first-order valence-corrected chi connectivity index (χ1v) is 8.72. The molecule has 11 heteroatoms. The number of carbonyl (C=O) groups is 2. The summed E-state index contributed by atoms with van der Waals surface area (Å²) in [5.41, 5.74) is -1.36. The SMILES string of the molecule is CCn1nc(C(=O)OCC(=O)Nc2cc([N+](=O)[O-])ccc2F)c2ccccc2c1=O. The third-order valence-corrected chi connectivity index (χ3v) is 4.13. The van der Waals surface area contributed by atoms with Gasteiger partial charge < -0.3 is 10.1 Å². The lowest BCUT2D eigenvalue weighted by Crippen LogP contribution is -2.27. The molecule has 0 aliphatic heterocycles. The number of fused-ring (bicyclic) bond motifs is 1. The van der Waals surface area contributed by atoms with Gasteiger partial charge in [0, 0.05) is 24.1 Å². The minimum atomic E-state index is -0.955. The Kier molecular flexibility index (Phi) is 5.81. The van der Waals surface area contributed by atoms with Gasteiger partial charge in [0.1, 0.15) is 5.82 Å². The highest BCUT2D eigenvalue weighted by Gasteiger charge is 2.19. The highest BCUT2D eigenvalue weighted by atomic mass is 19.1. The van der Waals surface area contributed by atoms with Crippen LogP contribution in [0.2, 0.25) is 0 Å². The summed E-state index contributed by atoms with van der Waals surface area (Å²) in [6.45, 7) is 1.11. The molecule has 154 valence electrons. The summed E-state index contributed by atoms with van der Waals surface area (Å²) in [6, 6.07) is 8.96. The van der Waals surface area contributed by atoms with Gasteiger partial charge >= 0.3 is 5.97 Å². The second-order valence-electron chi connectivity index (χ2n) is 6.06. The van der Waals surface area contributed by atoms with Gasteiger partial charge in [-0.3, -0.25) is 19.7 Å². The standard InChI is InChI=1S/C19H15FN4O6/c1-2-23-18(26)13-6-4-3-5-12(13)17(22-23)19(27)30-10-16(25)21-15-9-11(24(28)29)7-8-14(15)20/h3-9H,2,10H2,1H3,(H,21,25). The van der Waals surface area contributed by atoms with E-state index in [-0.39, 0.29) is 28.6 Å². The van der Waals surface area contributed by atoms with E-state index in [9.17, 15) is 28.9 Å². The van der Waals surface area contributed by atoms with Crippen molar-refractivity contribution in [2.45, 2.75) is 13.5 Å². The van der Waals surface area contributed by atoms with Crippen LogP contribution in [0.5, 0.6) is 0 Å². The molecule has 0 unspecified atom stereocenters. The van der Waals surface area contributed by atoms with Crippen LogP contribution < -0.4 is 10.9 Å². The Bertz CT molecular complexity index is 1220. The van der Waals surface area contributed by atoms with Gasteiger partial charge in [-0.15, -0.1) is 0 Å². The molecular weight excluding hydrogens is 399 g/mol. The molecule has 2 aromatic carbocycles. The number of amides is 1. The van der Waals surface area contributed by atoms with Crippen molar-refractivity contribution in [3.05, 3.63) is 74.4 Å². The number of aryl methyl sites for hydroxylation is 1. The number of hydrogen-bond donors (Lipinski definition) is 1. The smallest absolute Gasteiger partial charge is 0.359 e. The molecule has 30 heavy (non-hydrogen) atoms. The van der Waals surface area contributed by atoms with Crippen LogP contribution in [-0.2, 0) is 16.1 Å². The monoisotopic (exact) mass is 414 g/mol. The fourth-order valence-corrected chi connectivity index (χ4v) is 2.71. The molecule has 1 amide bonds. The Hall–Kier alpha value is -4.15. The Morgan fingerprint density at radius 1 is 1.23 bits per heavy atom. The number of non-ortho nitro benzene ring substituents is 1. The maximum absolute atomic E-state index is 13.8. The highest BCUT2D eigenvalue weighted by molar-refractivity contribution is 6.03. The van der Waals surface area contributed by atoms with Gasteiger partial charge in [0.05, 0.1) is 16.0 Å². The Balaban J connectivity index is 1.77. The van der Waals surface area contributed by atoms with Crippen LogP contribution in [0.25, 0.3) is 10.8 Å². The van der Waals surface area contributed by atoms with E-state index in [0.717, 1.165) is 22.9 Å². The van der Waals surface area contributed by atoms with Crippen molar-refractivity contribution in [3.63, 3.8) is 0 Å². The number of nitro groups is 1. The molecule has 0 atom stereocenters. The van der Waals surface area contributed by atoms with E-state index in [2.05, 4.69) is 10.4 Å². The zero-order valence-electron chi connectivity index (χ0n) is 15.6. The molecule has 0 aliphatic rings. The lowest BCUT2D eigenvalue weighted by molar-refractivity contribution is -0.384. The van der Waals surface area contributed by atoms with Crippen molar-refractivity contribution in [1.29, 1.82) is 0 Å². The topological polar surface area (TPSA) is 133 Å². The third kappa shape index (κ3) is 4.14. The second kappa shape index (κ2) is 8.47. The van der Waals surface area contributed by atoms with Crippen LogP contribution in [0.1, 0.15) is 17.4 Å². The predicted octanol–water partition coefficient (Wildman–Crippen LogP) is 2.26. The summed E-state index contributed by atoms with van der Waals surface area (Å²) in [7, 11) is 0. The van der Waals surface area contributed by atoms with Crippen molar-refractivity contribution in [1.82, 2.24) is 9.78 Å². The lowest BCUT2D eigenvalue weighted by Gasteiger charge is -2.10. The summed E-state index contributed by atoms with van der Waals surface area (Å²) in [4.78, 5) is 46.8. The normalized spacial score (nSPS) is 10.6. The maximum Gasteiger partial charge on any atom is 0.359 e. The lowest BCUT2D eigenvalue weighted by atomic mass is 10.1. The van der Waals surface area contributed by atoms with E-state index in [1.165, 1.54) is 6.07 Å². The average molecular weight is 414 g/mol. The number of carbonyl (C=O) groups excluding carboxylic acids is 2. The molecule has 1 N–H and O–H groups in total. The van der Waals surface area contributed by atoms with Gasteiger partial charge in [-0.1, -0.05) is 18.2 Å². The van der Waals surface area contributed by atoms with E-state index >= 15 is 0 Å². The molecular formula is C19H15FN4O6. The Morgan fingerprint density at radius 2 is 1.93 bits per heavy atom. The largest absolute Gasteiger partial charge is 0.451 e. The number of rotatable bonds is 6. The number of hydrogen-bond acceptors (Lipinski definition) is 7. The summed E-state index contributed by atoms with van der Waals surface area (Å²) in [6.07, 6.45) is 0. The van der Waals surface area contributed by atoms with E-state index in [4.69, 9.17) is 4.74 Å². The molecule has 0 saturated carbocycles. The molecule has 0 spiro atoms. The third-order valence-electron chi connectivity index (χ3n) is 4.13. The van der Waals surface area contributed by atoms with Gasteiger partial charge in [-0.05, 0) is 19.1 Å². The van der Waals surface area contributed by atoms with Gasteiger partial charge in [-0.2, -0.15) is 5.10 Å². The van der Waals surface area contributed by atoms with Crippen LogP contribution in [-0.4, -0.2) is 33.2 Å². The number of anilines is 1. The Labute approximate surface area is 168 Å². The predicted molar refractivity (Wildman–Crippen MR) is 104 cm³/mol. The maximum atomic E-state index is 13.8. The quantitative estimate of drug-likeness (QED) is 0.371. The molecule has 3 rings (SSSR count). The summed E-state index contributed by atoms with van der Waals surface area (Å²) in [5.74, 6) is -2.75. The van der Waals surface area contributed by atoms with Gasteiger partial charge in [0.15, 0.2) is 12.3 Å². The average Bonchev–Trinajstić information content (AvgIpc) is 2.74. The van der Waals surface area contributed by atoms with Crippen LogP contribution in [0.4, 0.5) is 15.8 Å². The number of halogens is 1. The van der Waals surface area contributed by atoms with E-state index < -0.39 is 40.6 Å². The first-order valence-electron chi connectivity index (χ1n) is 8.72. The number of benzene rings is 2. The van der Waals surface area contributed by atoms with Crippen molar-refractivity contribution < 1.29 is 23.6 Å². The molecule has 0 saturated heterocycles. The van der Waals surface area contributed by atoms with Crippen molar-refractivity contribution in [3.8, 4) is 0 Å². The molecule has 1 heterocycles. The van der Waals surface area contributed by atoms with Crippen LogP contribution in [0.3, 0.4) is 0 Å². The number of nitrogens with one attached hydrogen (secondary N) is 1. The minimum Gasteiger partial charge on any atom is -0.451 e. The Morgan fingerprint density at radius 3 is 2.60 bits per heavy atom. The summed E-state index contributed by atoms with van der Waals surface area (Å²) in [5, 5.41) is 17.4. The fraction of sp³-hybridized carbons (Fsp3) is 0.158. The first-order chi connectivity index (χ1) is 14.3. The second-order valence-corrected chi connectivity index (χ2v) is 6.06. The number of ether oxygens (including phenoxy) is 1. The molecule has 0 aliphatic carbocycles. The molecule has 1 aromatic heterocycles. The van der Waals surface area contributed by atoms with Crippen molar-refractivity contribution in [2.24, 2.45) is 0 Å². The summed E-state index contributed by atoms with van der Waals surface area (Å²) < 4.78 is 19.8. The van der Waals surface area contributed by atoms with Crippen molar-refractivity contribution in [2.75, 3.05) is 11.9 Å². The van der Waals surface area contributed by atoms with E-state index in [1.54, 1.807) is 25.1 Å².